The minimum atomic E-state index is -0.537. The van der Waals surface area contributed by atoms with Crippen molar-refractivity contribution in [2.24, 2.45) is 0 Å². The van der Waals surface area contributed by atoms with Gasteiger partial charge in [-0.1, -0.05) is 0 Å². The van der Waals surface area contributed by atoms with Gasteiger partial charge in [-0.2, -0.15) is 0 Å². The van der Waals surface area contributed by atoms with Crippen LogP contribution in [0.2, 0.25) is 0 Å². The molecule has 0 atom stereocenters. The van der Waals surface area contributed by atoms with Crippen LogP contribution in [-0.2, 0) is 19.4 Å². The third kappa shape index (κ3) is 1.68. The molecular weight excluding hydrogens is 190 g/mol. The summed E-state index contributed by atoms with van der Waals surface area (Å²) in [5.41, 5.74) is 0.515. The molecule has 0 spiro atoms. The second kappa shape index (κ2) is 3.32. The number of hydrogen-bond donors (Lipinski definition) is 2. The molecule has 0 bridgehead atoms. The maximum absolute atomic E-state index is 10.0. The summed E-state index contributed by atoms with van der Waals surface area (Å²) in [7, 11) is 0. The van der Waals surface area contributed by atoms with Crippen LogP contribution in [0.1, 0.15) is 24.4 Å². The largest absolute Gasteiger partial charge is 0.387 e. The molecule has 2 aliphatic rings. The summed E-state index contributed by atoms with van der Waals surface area (Å²) in [5, 5.41) is 13.1. The second-order valence-electron chi connectivity index (χ2n) is 4.80. The lowest BCUT2D eigenvalue weighted by atomic mass is 9.92. The van der Waals surface area contributed by atoms with E-state index in [0.29, 0.717) is 19.5 Å². The Hall–Kier alpha value is -0.870. The average molecular weight is 207 g/mol. The van der Waals surface area contributed by atoms with Gasteiger partial charge in [-0.3, -0.25) is 0 Å². The quantitative estimate of drug-likeness (QED) is 0.723. The summed E-state index contributed by atoms with van der Waals surface area (Å²) < 4.78 is 2.24. The van der Waals surface area contributed by atoms with Crippen molar-refractivity contribution in [2.75, 3.05) is 13.1 Å². The third-order valence-electron chi connectivity index (χ3n) is 3.38. The van der Waals surface area contributed by atoms with Gasteiger partial charge in [-0.15, -0.1) is 0 Å². The van der Waals surface area contributed by atoms with Gasteiger partial charge in [0.1, 0.15) is 5.82 Å². The lowest BCUT2D eigenvalue weighted by molar-refractivity contribution is -0.00976. The Kier molecular flexibility index (Phi) is 2.07. The normalized spacial score (nSPS) is 23.3. The zero-order valence-electron chi connectivity index (χ0n) is 8.87. The number of nitrogens with one attached hydrogen (secondary N) is 1. The number of aromatic nitrogens is 2. The molecule has 3 heterocycles. The maximum Gasteiger partial charge on any atom is 0.108 e. The van der Waals surface area contributed by atoms with Crippen LogP contribution >= 0.6 is 0 Å². The van der Waals surface area contributed by atoms with Gasteiger partial charge in [0.2, 0.25) is 0 Å². The summed E-state index contributed by atoms with van der Waals surface area (Å²) in [4.78, 5) is 4.59. The van der Waals surface area contributed by atoms with Gasteiger partial charge >= 0.3 is 0 Å². The van der Waals surface area contributed by atoms with Crippen LogP contribution in [0, 0.1) is 0 Å². The van der Waals surface area contributed by atoms with E-state index in [4.69, 9.17) is 0 Å². The Morgan fingerprint density at radius 3 is 3.00 bits per heavy atom. The van der Waals surface area contributed by atoms with Crippen molar-refractivity contribution in [3.63, 3.8) is 0 Å². The highest BCUT2D eigenvalue weighted by molar-refractivity contribution is 5.11. The number of β-amino-alcohol motifs (C(OH)–C–C–N with tert-alkyl or cyclic N) is 1. The molecule has 0 aromatic carbocycles. The summed E-state index contributed by atoms with van der Waals surface area (Å²) in [6.07, 6.45) is 6.42. The van der Waals surface area contributed by atoms with Gasteiger partial charge < -0.3 is 15.0 Å². The van der Waals surface area contributed by atoms with Crippen molar-refractivity contribution in [3.05, 3.63) is 17.7 Å². The fraction of sp³-hybridized carbons (Fsp3) is 0.727. The Bertz CT molecular complexity index is 344. The fourth-order valence-corrected chi connectivity index (χ4v) is 2.43. The minimum absolute atomic E-state index is 0.537. The molecule has 1 aromatic rings. The fourth-order valence-electron chi connectivity index (χ4n) is 2.43. The molecule has 0 amide bonds. The zero-order valence-corrected chi connectivity index (χ0v) is 8.87. The summed E-state index contributed by atoms with van der Waals surface area (Å²) in [5.74, 6) is 1.20. The molecule has 0 radical (unpaired) electrons. The number of nitrogens with zero attached hydrogens (tertiary/aromatic N) is 2. The molecule has 1 saturated heterocycles. The van der Waals surface area contributed by atoms with Crippen LogP contribution < -0.4 is 5.32 Å². The van der Waals surface area contributed by atoms with Crippen molar-refractivity contribution in [1.29, 1.82) is 0 Å². The first-order valence-corrected chi connectivity index (χ1v) is 5.73. The van der Waals surface area contributed by atoms with Crippen molar-refractivity contribution in [2.45, 2.75) is 37.8 Å². The van der Waals surface area contributed by atoms with E-state index in [0.717, 1.165) is 18.7 Å². The molecule has 4 nitrogen and oxygen atoms in total. The molecule has 1 aromatic heterocycles. The van der Waals surface area contributed by atoms with E-state index < -0.39 is 5.60 Å². The monoisotopic (exact) mass is 207 g/mol. The number of fused-ring (bicyclic) bond motifs is 1. The van der Waals surface area contributed by atoms with Crippen LogP contribution in [0.25, 0.3) is 0 Å². The molecule has 0 aliphatic carbocycles. The summed E-state index contributed by atoms with van der Waals surface area (Å²) >= 11 is 0. The highest BCUT2D eigenvalue weighted by Crippen LogP contribution is 2.20. The molecule has 2 aliphatic heterocycles. The lowest BCUT2D eigenvalue weighted by Crippen LogP contribution is -2.60. The predicted molar refractivity (Wildman–Crippen MR) is 56.7 cm³/mol. The summed E-state index contributed by atoms with van der Waals surface area (Å²) in [6, 6.07) is 0. The molecule has 4 heteroatoms. The van der Waals surface area contributed by atoms with E-state index >= 15 is 0 Å². The van der Waals surface area contributed by atoms with Crippen LogP contribution in [-0.4, -0.2) is 33.3 Å². The molecule has 0 unspecified atom stereocenters. The zero-order chi connectivity index (χ0) is 10.3. The Morgan fingerprint density at radius 2 is 2.33 bits per heavy atom. The molecule has 1 fully saturated rings. The first kappa shape index (κ1) is 9.36. The van der Waals surface area contributed by atoms with Gasteiger partial charge in [0.15, 0.2) is 0 Å². The number of aliphatic hydroxyl groups is 1. The SMILES string of the molecule is OC1(Cc2cn3c(n2)CCCC3)CNC1. The summed E-state index contributed by atoms with van der Waals surface area (Å²) in [6.45, 7) is 2.50. The van der Waals surface area contributed by atoms with Gasteiger partial charge in [-0.05, 0) is 12.8 Å². The second-order valence-corrected chi connectivity index (χ2v) is 4.80. The highest BCUT2D eigenvalue weighted by Gasteiger charge is 2.35. The van der Waals surface area contributed by atoms with Crippen LogP contribution in [0.3, 0.4) is 0 Å². The predicted octanol–water partition coefficient (Wildman–Crippen LogP) is 0.0962. The van der Waals surface area contributed by atoms with E-state index in [2.05, 4.69) is 21.1 Å². The Labute approximate surface area is 89.3 Å². The number of aryl methyl sites for hydroxylation is 2. The van der Waals surface area contributed by atoms with Gasteiger partial charge in [-0.25, -0.2) is 4.98 Å². The van der Waals surface area contributed by atoms with Crippen molar-refractivity contribution in [1.82, 2.24) is 14.9 Å². The van der Waals surface area contributed by atoms with Gasteiger partial charge in [0.05, 0.1) is 11.3 Å². The van der Waals surface area contributed by atoms with E-state index in [9.17, 15) is 5.11 Å². The molecule has 2 N–H and O–H groups in total. The van der Waals surface area contributed by atoms with Crippen molar-refractivity contribution in [3.8, 4) is 0 Å². The molecule has 82 valence electrons. The van der Waals surface area contributed by atoms with Crippen LogP contribution in [0.4, 0.5) is 0 Å². The van der Waals surface area contributed by atoms with E-state index in [1.807, 2.05) is 0 Å². The lowest BCUT2D eigenvalue weighted by Gasteiger charge is -2.37. The number of imidazole rings is 1. The standard InChI is InChI=1S/C11H17N3O/c15-11(7-12-8-11)5-9-6-14-4-2-1-3-10(14)13-9/h6,12,15H,1-5,7-8H2. The first-order chi connectivity index (χ1) is 7.25. The molecule has 3 rings (SSSR count). The first-order valence-electron chi connectivity index (χ1n) is 5.73. The number of hydrogen-bond acceptors (Lipinski definition) is 3. The Morgan fingerprint density at radius 1 is 1.47 bits per heavy atom. The van der Waals surface area contributed by atoms with Crippen LogP contribution in [0.15, 0.2) is 6.20 Å². The van der Waals surface area contributed by atoms with E-state index in [1.54, 1.807) is 0 Å². The van der Waals surface area contributed by atoms with E-state index in [-0.39, 0.29) is 0 Å². The smallest absolute Gasteiger partial charge is 0.108 e. The molecule has 15 heavy (non-hydrogen) atoms. The minimum Gasteiger partial charge on any atom is -0.387 e. The third-order valence-corrected chi connectivity index (χ3v) is 3.38. The van der Waals surface area contributed by atoms with E-state index in [1.165, 1.54) is 18.7 Å². The molecule has 0 saturated carbocycles. The van der Waals surface area contributed by atoms with Crippen LogP contribution in [0.5, 0.6) is 0 Å². The van der Waals surface area contributed by atoms with Crippen molar-refractivity contribution >= 4 is 0 Å². The topological polar surface area (TPSA) is 50.1 Å². The average Bonchev–Trinajstić information content (AvgIpc) is 2.57. The highest BCUT2D eigenvalue weighted by atomic mass is 16.3. The number of rotatable bonds is 2. The maximum atomic E-state index is 10.0. The van der Waals surface area contributed by atoms with Gasteiger partial charge in [0, 0.05) is 38.7 Å². The Balaban J connectivity index is 1.77. The van der Waals surface area contributed by atoms with Gasteiger partial charge in [0.25, 0.3) is 0 Å². The molecular formula is C11H17N3O. The van der Waals surface area contributed by atoms with Crippen molar-refractivity contribution < 1.29 is 5.11 Å².